The highest BCUT2D eigenvalue weighted by atomic mass is 19.4. The number of carbonyl (C=O) groups is 1. The number of pyridine rings is 1. The molecular weight excluding hydrogens is 305 g/mol. The molecule has 0 bridgehead atoms. The predicted octanol–water partition coefficient (Wildman–Crippen LogP) is 4.59. The van der Waals surface area contributed by atoms with Crippen molar-refractivity contribution in [3.63, 3.8) is 0 Å². The molecule has 1 aliphatic carbocycles. The zero-order valence-corrected chi connectivity index (χ0v) is 13.6. The Morgan fingerprint density at radius 2 is 1.70 bits per heavy atom. The Morgan fingerprint density at radius 1 is 1.13 bits per heavy atom. The Hall–Kier alpha value is -1.59. The van der Waals surface area contributed by atoms with Crippen LogP contribution in [-0.4, -0.2) is 28.9 Å². The average molecular weight is 328 g/mol. The second-order valence-corrected chi connectivity index (χ2v) is 6.24. The molecule has 1 aromatic rings. The lowest BCUT2D eigenvalue weighted by atomic mass is 9.95. The van der Waals surface area contributed by atoms with Crippen LogP contribution in [0.5, 0.6) is 0 Å². The summed E-state index contributed by atoms with van der Waals surface area (Å²) < 4.78 is 38.0. The van der Waals surface area contributed by atoms with Crippen molar-refractivity contribution in [2.45, 2.75) is 64.1 Å². The Labute approximate surface area is 134 Å². The first kappa shape index (κ1) is 17.8. The molecule has 1 fully saturated rings. The molecule has 1 heterocycles. The largest absolute Gasteiger partial charge is 0.433 e. The van der Waals surface area contributed by atoms with E-state index in [0.717, 1.165) is 31.7 Å². The van der Waals surface area contributed by atoms with Crippen LogP contribution in [0.4, 0.5) is 13.2 Å². The molecule has 1 amide bonds. The smallest absolute Gasteiger partial charge is 0.339 e. The van der Waals surface area contributed by atoms with E-state index in [2.05, 4.69) is 4.98 Å². The van der Waals surface area contributed by atoms with Gasteiger partial charge in [-0.25, -0.2) is 4.98 Å². The Kier molecular flexibility index (Phi) is 5.65. The SMILES string of the molecule is Cc1nc(C(F)(F)F)ccc1C(=O)N(C)C1CCCCCCC1. The van der Waals surface area contributed by atoms with Gasteiger partial charge in [0, 0.05) is 13.1 Å². The molecule has 1 aromatic heterocycles. The van der Waals surface area contributed by atoms with E-state index in [1.54, 1.807) is 11.9 Å². The number of nitrogens with zero attached hydrogens (tertiary/aromatic N) is 2. The number of hydrogen-bond donors (Lipinski definition) is 0. The summed E-state index contributed by atoms with van der Waals surface area (Å²) in [5.74, 6) is -0.241. The van der Waals surface area contributed by atoms with Gasteiger partial charge >= 0.3 is 6.18 Å². The van der Waals surface area contributed by atoms with Gasteiger partial charge in [-0.1, -0.05) is 32.1 Å². The van der Waals surface area contributed by atoms with Gasteiger partial charge in [-0.15, -0.1) is 0 Å². The van der Waals surface area contributed by atoms with E-state index in [4.69, 9.17) is 0 Å². The summed E-state index contributed by atoms with van der Waals surface area (Å²) >= 11 is 0. The normalized spacial score (nSPS) is 17.4. The van der Waals surface area contributed by atoms with Crippen LogP contribution in [0.15, 0.2) is 12.1 Å². The molecule has 0 spiro atoms. The predicted molar refractivity (Wildman–Crippen MR) is 82.2 cm³/mol. The Balaban J connectivity index is 2.15. The lowest BCUT2D eigenvalue weighted by Crippen LogP contribution is -2.38. The van der Waals surface area contributed by atoms with Crippen molar-refractivity contribution in [3.8, 4) is 0 Å². The van der Waals surface area contributed by atoms with Gasteiger partial charge in [0.05, 0.1) is 11.3 Å². The summed E-state index contributed by atoms with van der Waals surface area (Å²) in [6.45, 7) is 1.45. The van der Waals surface area contributed by atoms with E-state index in [1.165, 1.54) is 32.3 Å². The first-order valence-corrected chi connectivity index (χ1v) is 8.12. The zero-order valence-electron chi connectivity index (χ0n) is 13.6. The fourth-order valence-corrected chi connectivity index (χ4v) is 3.12. The molecule has 23 heavy (non-hydrogen) atoms. The second-order valence-electron chi connectivity index (χ2n) is 6.24. The number of alkyl halides is 3. The fraction of sp³-hybridized carbons (Fsp3) is 0.647. The van der Waals surface area contributed by atoms with Crippen molar-refractivity contribution >= 4 is 5.91 Å². The minimum absolute atomic E-state index is 0.127. The van der Waals surface area contributed by atoms with Crippen molar-refractivity contribution in [2.75, 3.05) is 7.05 Å². The lowest BCUT2D eigenvalue weighted by Gasteiger charge is -2.30. The molecule has 0 radical (unpaired) electrons. The van der Waals surface area contributed by atoms with Crippen LogP contribution in [0.3, 0.4) is 0 Å². The third-order valence-corrected chi connectivity index (χ3v) is 4.55. The molecule has 0 saturated heterocycles. The number of hydrogen-bond acceptors (Lipinski definition) is 2. The third kappa shape index (κ3) is 4.45. The van der Waals surface area contributed by atoms with Gasteiger partial charge in [0.25, 0.3) is 5.91 Å². The number of carbonyl (C=O) groups excluding carboxylic acids is 1. The van der Waals surface area contributed by atoms with Crippen molar-refractivity contribution in [2.24, 2.45) is 0 Å². The zero-order chi connectivity index (χ0) is 17.0. The van der Waals surface area contributed by atoms with Gasteiger partial charge < -0.3 is 4.90 Å². The summed E-state index contributed by atoms with van der Waals surface area (Å²) in [5.41, 5.74) is -0.578. The quantitative estimate of drug-likeness (QED) is 0.795. The summed E-state index contributed by atoms with van der Waals surface area (Å²) in [7, 11) is 1.74. The van der Waals surface area contributed by atoms with E-state index >= 15 is 0 Å². The molecule has 1 saturated carbocycles. The maximum Gasteiger partial charge on any atom is 0.433 e. The van der Waals surface area contributed by atoms with Crippen molar-refractivity contribution in [3.05, 3.63) is 29.1 Å². The number of aryl methyl sites for hydroxylation is 1. The summed E-state index contributed by atoms with van der Waals surface area (Å²) in [4.78, 5) is 17.9. The van der Waals surface area contributed by atoms with Crippen LogP contribution in [0, 0.1) is 6.92 Å². The van der Waals surface area contributed by atoms with Gasteiger partial charge in [-0.3, -0.25) is 4.79 Å². The van der Waals surface area contributed by atoms with E-state index in [0.29, 0.717) is 0 Å². The third-order valence-electron chi connectivity index (χ3n) is 4.55. The molecule has 0 atom stereocenters. The number of amides is 1. The summed E-state index contributed by atoms with van der Waals surface area (Å²) in [5, 5.41) is 0. The van der Waals surface area contributed by atoms with E-state index in [9.17, 15) is 18.0 Å². The van der Waals surface area contributed by atoms with Crippen LogP contribution in [0.1, 0.15) is 66.7 Å². The molecule has 3 nitrogen and oxygen atoms in total. The molecule has 0 unspecified atom stereocenters. The topological polar surface area (TPSA) is 33.2 Å². The van der Waals surface area contributed by atoms with Gasteiger partial charge in [0.2, 0.25) is 0 Å². The van der Waals surface area contributed by atoms with E-state index in [1.807, 2.05) is 0 Å². The Morgan fingerprint density at radius 3 is 2.22 bits per heavy atom. The molecule has 0 aliphatic heterocycles. The Bertz CT molecular complexity index is 549. The van der Waals surface area contributed by atoms with Crippen LogP contribution < -0.4 is 0 Å². The molecule has 6 heteroatoms. The molecule has 2 rings (SSSR count). The minimum atomic E-state index is -4.49. The second kappa shape index (κ2) is 7.32. The highest BCUT2D eigenvalue weighted by Gasteiger charge is 2.33. The molecule has 1 aliphatic rings. The molecule has 0 N–H and O–H groups in total. The van der Waals surface area contributed by atoms with Crippen molar-refractivity contribution in [1.82, 2.24) is 9.88 Å². The summed E-state index contributed by atoms with van der Waals surface area (Å²) in [6.07, 6.45) is 3.20. The molecule has 128 valence electrons. The van der Waals surface area contributed by atoms with Crippen LogP contribution >= 0.6 is 0 Å². The standard InChI is InChI=1S/C17H23F3N2O/c1-12-14(10-11-15(21-12)17(18,19)20)16(23)22(2)13-8-6-4-3-5-7-9-13/h10-11,13H,3-9H2,1-2H3. The van der Waals surface area contributed by atoms with E-state index < -0.39 is 11.9 Å². The monoisotopic (exact) mass is 328 g/mol. The van der Waals surface area contributed by atoms with Gasteiger partial charge in [-0.05, 0) is 31.9 Å². The van der Waals surface area contributed by atoms with E-state index in [-0.39, 0.29) is 23.2 Å². The van der Waals surface area contributed by atoms with Crippen LogP contribution in [0.2, 0.25) is 0 Å². The highest BCUT2D eigenvalue weighted by Crippen LogP contribution is 2.29. The van der Waals surface area contributed by atoms with Gasteiger partial charge in [0.1, 0.15) is 5.69 Å². The molecular formula is C17H23F3N2O. The maximum atomic E-state index is 12.7. The molecule has 0 aromatic carbocycles. The first-order chi connectivity index (χ1) is 10.8. The maximum absolute atomic E-state index is 12.7. The van der Waals surface area contributed by atoms with Crippen molar-refractivity contribution < 1.29 is 18.0 Å². The lowest BCUT2D eigenvalue weighted by molar-refractivity contribution is -0.141. The number of rotatable bonds is 2. The first-order valence-electron chi connectivity index (χ1n) is 8.12. The number of halogens is 3. The average Bonchev–Trinajstić information content (AvgIpc) is 2.44. The van der Waals surface area contributed by atoms with Gasteiger partial charge in [-0.2, -0.15) is 13.2 Å². The van der Waals surface area contributed by atoms with Gasteiger partial charge in [0.15, 0.2) is 0 Å². The fourth-order valence-electron chi connectivity index (χ4n) is 3.12. The minimum Gasteiger partial charge on any atom is -0.339 e. The van der Waals surface area contributed by atoms with Crippen molar-refractivity contribution in [1.29, 1.82) is 0 Å². The summed E-state index contributed by atoms with van der Waals surface area (Å²) in [6, 6.07) is 2.28. The van der Waals surface area contributed by atoms with Crippen LogP contribution in [-0.2, 0) is 6.18 Å². The van der Waals surface area contributed by atoms with Crippen LogP contribution in [0.25, 0.3) is 0 Å². The highest BCUT2D eigenvalue weighted by molar-refractivity contribution is 5.95. The number of aromatic nitrogens is 1.